The smallest absolute Gasteiger partial charge is 0.300 e. The molecule has 1 heterocycles. The highest BCUT2D eigenvalue weighted by Gasteiger charge is 2.22. The number of pyridine rings is 1. The molecule has 108 valence electrons. The second-order valence-corrected chi connectivity index (χ2v) is 4.68. The van der Waals surface area contributed by atoms with Gasteiger partial charge in [0, 0.05) is 5.02 Å². The normalized spacial score (nSPS) is 10.2. The topological polar surface area (TPSA) is 85.1 Å². The van der Waals surface area contributed by atoms with Crippen LogP contribution in [0, 0.1) is 15.9 Å². The van der Waals surface area contributed by atoms with Crippen molar-refractivity contribution in [3.8, 4) is 0 Å². The Hall–Kier alpha value is -2.25. The number of halogens is 3. The molecule has 21 heavy (non-hydrogen) atoms. The van der Waals surface area contributed by atoms with Gasteiger partial charge in [-0.3, -0.25) is 14.9 Å². The van der Waals surface area contributed by atoms with Crippen LogP contribution >= 0.6 is 23.2 Å². The van der Waals surface area contributed by atoms with Crippen LogP contribution in [0.2, 0.25) is 10.2 Å². The number of hydrogen-bond acceptors (Lipinski definition) is 4. The first kappa shape index (κ1) is 15.1. The zero-order valence-electron chi connectivity index (χ0n) is 10.1. The highest BCUT2D eigenvalue weighted by molar-refractivity contribution is 6.30. The zero-order chi connectivity index (χ0) is 15.6. The van der Waals surface area contributed by atoms with Crippen molar-refractivity contribution >= 4 is 40.5 Å². The lowest BCUT2D eigenvalue weighted by Crippen LogP contribution is -2.15. The van der Waals surface area contributed by atoms with Crippen LogP contribution in [-0.4, -0.2) is 15.8 Å². The van der Waals surface area contributed by atoms with E-state index in [0.717, 1.165) is 18.3 Å². The largest absolute Gasteiger partial charge is 0.319 e. The van der Waals surface area contributed by atoms with E-state index in [4.69, 9.17) is 23.2 Å². The SMILES string of the molecule is O=C(Nc1ccc(Cl)cc1F)c1cc(Cl)ncc1[N+](=O)[O-]. The molecule has 0 aliphatic carbocycles. The molecule has 0 aliphatic rings. The molecule has 0 saturated carbocycles. The van der Waals surface area contributed by atoms with Gasteiger partial charge in [0.2, 0.25) is 0 Å². The van der Waals surface area contributed by atoms with Crippen LogP contribution in [0.5, 0.6) is 0 Å². The number of carbonyl (C=O) groups is 1. The fourth-order valence-electron chi connectivity index (χ4n) is 1.53. The van der Waals surface area contributed by atoms with E-state index in [2.05, 4.69) is 10.3 Å². The maximum atomic E-state index is 13.6. The molecule has 0 unspecified atom stereocenters. The quantitative estimate of drug-likeness (QED) is 0.528. The molecule has 0 spiro atoms. The molecule has 1 amide bonds. The Bertz CT molecular complexity index is 740. The molecule has 0 radical (unpaired) electrons. The molecule has 0 saturated heterocycles. The van der Waals surface area contributed by atoms with Crippen molar-refractivity contribution < 1.29 is 14.1 Å². The van der Waals surface area contributed by atoms with Gasteiger partial charge in [0.05, 0.1) is 10.6 Å². The van der Waals surface area contributed by atoms with Crippen molar-refractivity contribution in [3.63, 3.8) is 0 Å². The Morgan fingerprint density at radius 2 is 2.05 bits per heavy atom. The van der Waals surface area contributed by atoms with E-state index in [9.17, 15) is 19.3 Å². The number of benzene rings is 1. The van der Waals surface area contributed by atoms with Gasteiger partial charge in [-0.15, -0.1) is 0 Å². The molecule has 1 aromatic carbocycles. The summed E-state index contributed by atoms with van der Waals surface area (Å²) in [5.74, 6) is -1.65. The van der Waals surface area contributed by atoms with Gasteiger partial charge in [0.15, 0.2) is 0 Å². The Morgan fingerprint density at radius 3 is 2.67 bits per heavy atom. The highest BCUT2D eigenvalue weighted by atomic mass is 35.5. The molecule has 2 aromatic rings. The summed E-state index contributed by atoms with van der Waals surface area (Å²) in [5.41, 5.74) is -1.02. The lowest BCUT2D eigenvalue weighted by molar-refractivity contribution is -0.385. The molecule has 0 aliphatic heterocycles. The second-order valence-electron chi connectivity index (χ2n) is 3.86. The third-order valence-corrected chi connectivity index (χ3v) is 2.91. The van der Waals surface area contributed by atoms with E-state index in [1.807, 2.05) is 0 Å². The predicted molar refractivity (Wildman–Crippen MR) is 75.3 cm³/mol. The summed E-state index contributed by atoms with van der Waals surface area (Å²) < 4.78 is 13.6. The summed E-state index contributed by atoms with van der Waals surface area (Å²) in [6.45, 7) is 0. The van der Waals surface area contributed by atoms with Gasteiger partial charge >= 0.3 is 0 Å². The number of aromatic nitrogens is 1. The van der Waals surface area contributed by atoms with Crippen LogP contribution in [0.1, 0.15) is 10.4 Å². The standard InChI is InChI=1S/C12H6Cl2FN3O3/c13-6-1-2-9(8(15)3-6)17-12(19)7-4-11(14)16-5-10(7)18(20)21/h1-5H,(H,17,19). The summed E-state index contributed by atoms with van der Waals surface area (Å²) >= 11 is 11.2. The van der Waals surface area contributed by atoms with Crippen molar-refractivity contribution in [3.05, 3.63) is 62.1 Å². The first-order chi connectivity index (χ1) is 9.88. The summed E-state index contributed by atoms with van der Waals surface area (Å²) in [6.07, 6.45) is 0.857. The Labute approximate surface area is 127 Å². The summed E-state index contributed by atoms with van der Waals surface area (Å²) in [5, 5.41) is 13.1. The summed E-state index contributed by atoms with van der Waals surface area (Å²) in [7, 11) is 0. The van der Waals surface area contributed by atoms with Gasteiger partial charge in [0.1, 0.15) is 22.7 Å². The number of anilines is 1. The van der Waals surface area contributed by atoms with Crippen molar-refractivity contribution in [1.82, 2.24) is 4.98 Å². The van der Waals surface area contributed by atoms with Crippen molar-refractivity contribution in [1.29, 1.82) is 0 Å². The van der Waals surface area contributed by atoms with E-state index in [0.29, 0.717) is 0 Å². The summed E-state index contributed by atoms with van der Waals surface area (Å²) in [4.78, 5) is 25.6. The van der Waals surface area contributed by atoms with E-state index in [1.54, 1.807) is 0 Å². The minimum Gasteiger partial charge on any atom is -0.319 e. The van der Waals surface area contributed by atoms with Gasteiger partial charge in [-0.1, -0.05) is 23.2 Å². The van der Waals surface area contributed by atoms with E-state index in [1.165, 1.54) is 12.1 Å². The average molecular weight is 330 g/mol. The van der Waals surface area contributed by atoms with Crippen LogP contribution in [0.25, 0.3) is 0 Å². The molecule has 0 atom stereocenters. The van der Waals surface area contributed by atoms with Crippen molar-refractivity contribution in [2.75, 3.05) is 5.32 Å². The molecule has 1 N–H and O–H groups in total. The minimum absolute atomic E-state index is 0.0951. The minimum atomic E-state index is -0.882. The van der Waals surface area contributed by atoms with Gasteiger partial charge in [-0.05, 0) is 24.3 Å². The number of carbonyl (C=O) groups excluding carboxylic acids is 1. The Kier molecular flexibility index (Phi) is 4.35. The van der Waals surface area contributed by atoms with E-state index in [-0.39, 0.29) is 21.4 Å². The monoisotopic (exact) mass is 329 g/mol. The lowest BCUT2D eigenvalue weighted by Gasteiger charge is -2.07. The van der Waals surface area contributed by atoms with Gasteiger partial charge < -0.3 is 5.32 Å². The molecule has 0 fully saturated rings. The molecule has 2 rings (SSSR count). The Morgan fingerprint density at radius 1 is 1.33 bits per heavy atom. The van der Waals surface area contributed by atoms with E-state index < -0.39 is 22.3 Å². The lowest BCUT2D eigenvalue weighted by atomic mass is 10.2. The fraction of sp³-hybridized carbons (Fsp3) is 0. The third kappa shape index (κ3) is 3.45. The molecule has 1 aromatic heterocycles. The van der Waals surface area contributed by atoms with Crippen LogP contribution in [-0.2, 0) is 0 Å². The average Bonchev–Trinajstić information content (AvgIpc) is 2.41. The van der Waals surface area contributed by atoms with Gasteiger partial charge in [-0.2, -0.15) is 0 Å². The number of amides is 1. The summed E-state index contributed by atoms with van der Waals surface area (Å²) in [6, 6.07) is 4.65. The number of nitrogens with zero attached hydrogens (tertiary/aromatic N) is 2. The maximum Gasteiger partial charge on any atom is 0.300 e. The molecular formula is C12H6Cl2FN3O3. The number of nitrogens with one attached hydrogen (secondary N) is 1. The van der Waals surface area contributed by atoms with Crippen molar-refractivity contribution in [2.24, 2.45) is 0 Å². The van der Waals surface area contributed by atoms with Crippen LogP contribution in [0.3, 0.4) is 0 Å². The first-order valence-electron chi connectivity index (χ1n) is 5.45. The van der Waals surface area contributed by atoms with Crippen LogP contribution in [0.15, 0.2) is 30.5 Å². The van der Waals surface area contributed by atoms with Crippen molar-refractivity contribution in [2.45, 2.75) is 0 Å². The van der Waals surface area contributed by atoms with Gasteiger partial charge in [-0.25, -0.2) is 9.37 Å². The molecule has 9 heteroatoms. The maximum absolute atomic E-state index is 13.6. The predicted octanol–water partition coefficient (Wildman–Crippen LogP) is 3.69. The second kappa shape index (κ2) is 6.02. The highest BCUT2D eigenvalue weighted by Crippen LogP contribution is 2.23. The van der Waals surface area contributed by atoms with Crippen LogP contribution < -0.4 is 5.32 Å². The Balaban J connectivity index is 2.36. The van der Waals surface area contributed by atoms with Crippen LogP contribution in [0.4, 0.5) is 15.8 Å². The number of rotatable bonds is 3. The van der Waals surface area contributed by atoms with Gasteiger partial charge in [0.25, 0.3) is 11.6 Å². The third-order valence-electron chi connectivity index (χ3n) is 2.47. The van der Waals surface area contributed by atoms with E-state index >= 15 is 0 Å². The first-order valence-corrected chi connectivity index (χ1v) is 6.20. The molecule has 0 bridgehead atoms. The zero-order valence-corrected chi connectivity index (χ0v) is 11.7. The fourth-order valence-corrected chi connectivity index (χ4v) is 1.85. The number of hydrogen-bond donors (Lipinski definition) is 1. The molecular weight excluding hydrogens is 324 g/mol. The number of nitro groups is 1. The molecule has 6 nitrogen and oxygen atoms in total.